The van der Waals surface area contributed by atoms with Crippen molar-refractivity contribution in [3.05, 3.63) is 53.6 Å². The van der Waals surface area contributed by atoms with Crippen LogP contribution in [0.5, 0.6) is 0 Å². The second-order valence-electron chi connectivity index (χ2n) is 6.98. The first kappa shape index (κ1) is 22.1. The zero-order chi connectivity index (χ0) is 21.4. The number of likely N-dealkylation sites (N-methyl/N-ethyl adjacent to an activating group) is 1. The number of nitrogens with zero attached hydrogens (tertiary/aromatic N) is 1. The van der Waals surface area contributed by atoms with Crippen molar-refractivity contribution in [1.82, 2.24) is 4.90 Å². The van der Waals surface area contributed by atoms with E-state index < -0.39 is 0 Å². The van der Waals surface area contributed by atoms with E-state index in [-0.39, 0.29) is 30.8 Å². The largest absolute Gasteiger partial charge is 0.326 e. The predicted molar refractivity (Wildman–Crippen MR) is 116 cm³/mol. The Morgan fingerprint density at radius 2 is 1.38 bits per heavy atom. The van der Waals surface area contributed by atoms with Gasteiger partial charge in [-0.15, -0.1) is 0 Å². The van der Waals surface area contributed by atoms with Crippen LogP contribution >= 0.6 is 0 Å². The highest BCUT2D eigenvalue weighted by molar-refractivity contribution is 5.95. The number of hydrogen-bond acceptors (Lipinski definition) is 4. The zero-order valence-corrected chi connectivity index (χ0v) is 17.3. The highest BCUT2D eigenvalue weighted by Crippen LogP contribution is 2.16. The second-order valence-corrected chi connectivity index (χ2v) is 6.98. The summed E-state index contributed by atoms with van der Waals surface area (Å²) < 4.78 is 0. The van der Waals surface area contributed by atoms with Gasteiger partial charge in [0.2, 0.25) is 17.7 Å². The summed E-state index contributed by atoms with van der Waals surface area (Å²) in [6.45, 7) is 8.08. The molecular formula is C22H28N4O3. The predicted octanol–water partition coefficient (Wildman–Crippen LogP) is 3.16. The standard InChI is InChI=1S/C22H28N4O3/c1-5-26(14-22(29)25-20-11-6-15(2)12-16(20)3)13-21(28)24-19-9-7-18(8-10-19)23-17(4)27/h6-12H,5,13-14H2,1-4H3,(H,23,27)(H,24,28)(H,25,29). The van der Waals surface area contributed by atoms with Crippen LogP contribution in [0.4, 0.5) is 17.1 Å². The first-order valence-electron chi connectivity index (χ1n) is 9.53. The molecule has 0 aliphatic heterocycles. The topological polar surface area (TPSA) is 90.5 Å². The Hall–Kier alpha value is -3.19. The lowest BCUT2D eigenvalue weighted by Gasteiger charge is -2.20. The average Bonchev–Trinajstić information content (AvgIpc) is 2.64. The van der Waals surface area contributed by atoms with Gasteiger partial charge in [-0.2, -0.15) is 0 Å². The molecule has 7 nitrogen and oxygen atoms in total. The van der Waals surface area contributed by atoms with Crippen LogP contribution in [0.3, 0.4) is 0 Å². The van der Waals surface area contributed by atoms with Crippen molar-refractivity contribution in [2.45, 2.75) is 27.7 Å². The Bertz CT molecular complexity index is 878. The number of rotatable bonds is 8. The number of aryl methyl sites for hydroxylation is 2. The summed E-state index contributed by atoms with van der Waals surface area (Å²) in [5, 5.41) is 8.37. The van der Waals surface area contributed by atoms with Gasteiger partial charge in [0.05, 0.1) is 13.1 Å². The van der Waals surface area contributed by atoms with Gasteiger partial charge in [0.1, 0.15) is 0 Å². The zero-order valence-electron chi connectivity index (χ0n) is 17.3. The summed E-state index contributed by atoms with van der Waals surface area (Å²) in [6.07, 6.45) is 0. The van der Waals surface area contributed by atoms with Crippen molar-refractivity contribution in [2.24, 2.45) is 0 Å². The number of carbonyl (C=O) groups is 3. The lowest BCUT2D eigenvalue weighted by molar-refractivity contribution is -0.120. The van der Waals surface area contributed by atoms with Gasteiger partial charge >= 0.3 is 0 Å². The molecule has 2 aromatic carbocycles. The molecule has 29 heavy (non-hydrogen) atoms. The summed E-state index contributed by atoms with van der Waals surface area (Å²) >= 11 is 0. The van der Waals surface area contributed by atoms with Crippen LogP contribution in [-0.4, -0.2) is 42.3 Å². The van der Waals surface area contributed by atoms with E-state index in [1.54, 1.807) is 29.2 Å². The first-order valence-corrected chi connectivity index (χ1v) is 9.53. The molecule has 2 rings (SSSR count). The summed E-state index contributed by atoms with van der Waals surface area (Å²) in [6, 6.07) is 12.7. The molecule has 0 aliphatic carbocycles. The van der Waals surface area contributed by atoms with E-state index >= 15 is 0 Å². The van der Waals surface area contributed by atoms with Crippen LogP contribution in [0.15, 0.2) is 42.5 Å². The molecule has 0 radical (unpaired) electrons. The molecule has 0 unspecified atom stereocenters. The molecule has 0 bridgehead atoms. The molecule has 0 atom stereocenters. The minimum Gasteiger partial charge on any atom is -0.326 e. The maximum Gasteiger partial charge on any atom is 0.238 e. The Labute approximate surface area is 171 Å². The van der Waals surface area contributed by atoms with Crippen molar-refractivity contribution < 1.29 is 14.4 Å². The fourth-order valence-corrected chi connectivity index (χ4v) is 2.87. The summed E-state index contributed by atoms with van der Waals surface area (Å²) in [5.41, 5.74) is 4.20. The van der Waals surface area contributed by atoms with Crippen LogP contribution < -0.4 is 16.0 Å². The number of nitrogens with one attached hydrogen (secondary N) is 3. The van der Waals surface area contributed by atoms with Gasteiger partial charge in [-0.3, -0.25) is 19.3 Å². The molecule has 0 heterocycles. The molecule has 2 aromatic rings. The summed E-state index contributed by atoms with van der Waals surface area (Å²) in [5.74, 6) is -0.524. The van der Waals surface area contributed by atoms with Crippen molar-refractivity contribution in [1.29, 1.82) is 0 Å². The van der Waals surface area contributed by atoms with Crippen LogP contribution in [0.2, 0.25) is 0 Å². The monoisotopic (exact) mass is 396 g/mol. The fraction of sp³-hybridized carbons (Fsp3) is 0.318. The Morgan fingerprint density at radius 3 is 1.90 bits per heavy atom. The van der Waals surface area contributed by atoms with Crippen molar-refractivity contribution in [2.75, 3.05) is 35.6 Å². The molecular weight excluding hydrogens is 368 g/mol. The van der Waals surface area contributed by atoms with E-state index in [9.17, 15) is 14.4 Å². The van der Waals surface area contributed by atoms with E-state index in [1.165, 1.54) is 6.92 Å². The molecule has 0 fully saturated rings. The lowest BCUT2D eigenvalue weighted by Crippen LogP contribution is -2.38. The molecule has 154 valence electrons. The number of carbonyl (C=O) groups excluding carboxylic acids is 3. The second kappa shape index (κ2) is 10.4. The van der Waals surface area contributed by atoms with Gasteiger partial charge in [-0.25, -0.2) is 0 Å². The fourth-order valence-electron chi connectivity index (χ4n) is 2.87. The molecule has 0 saturated heterocycles. The quantitative estimate of drug-likeness (QED) is 0.639. The Kier molecular flexibility index (Phi) is 7.91. The minimum atomic E-state index is -0.210. The normalized spacial score (nSPS) is 10.5. The van der Waals surface area contributed by atoms with Gasteiger partial charge in [-0.1, -0.05) is 24.6 Å². The third-order valence-corrected chi connectivity index (χ3v) is 4.33. The van der Waals surface area contributed by atoms with Gasteiger partial charge in [-0.05, 0) is 56.3 Å². The van der Waals surface area contributed by atoms with Crippen LogP contribution in [0.1, 0.15) is 25.0 Å². The Morgan fingerprint density at radius 1 is 0.828 bits per heavy atom. The SMILES string of the molecule is CCN(CC(=O)Nc1ccc(NC(C)=O)cc1)CC(=O)Nc1ccc(C)cc1C. The molecule has 0 aliphatic rings. The van der Waals surface area contributed by atoms with E-state index in [1.807, 2.05) is 39.0 Å². The van der Waals surface area contributed by atoms with Gasteiger partial charge in [0.15, 0.2) is 0 Å². The molecule has 0 spiro atoms. The van der Waals surface area contributed by atoms with E-state index in [0.717, 1.165) is 16.8 Å². The van der Waals surface area contributed by atoms with Crippen molar-refractivity contribution in [3.63, 3.8) is 0 Å². The maximum absolute atomic E-state index is 12.4. The van der Waals surface area contributed by atoms with E-state index in [0.29, 0.717) is 17.9 Å². The van der Waals surface area contributed by atoms with Crippen LogP contribution in [-0.2, 0) is 14.4 Å². The molecule has 3 N–H and O–H groups in total. The van der Waals surface area contributed by atoms with Gasteiger partial charge in [0, 0.05) is 24.0 Å². The van der Waals surface area contributed by atoms with Crippen LogP contribution in [0.25, 0.3) is 0 Å². The van der Waals surface area contributed by atoms with Gasteiger partial charge in [0.25, 0.3) is 0 Å². The smallest absolute Gasteiger partial charge is 0.238 e. The highest BCUT2D eigenvalue weighted by atomic mass is 16.2. The molecule has 7 heteroatoms. The van der Waals surface area contributed by atoms with Crippen LogP contribution in [0, 0.1) is 13.8 Å². The van der Waals surface area contributed by atoms with E-state index in [2.05, 4.69) is 16.0 Å². The minimum absolute atomic E-state index is 0.101. The summed E-state index contributed by atoms with van der Waals surface area (Å²) in [4.78, 5) is 37.5. The average molecular weight is 396 g/mol. The lowest BCUT2D eigenvalue weighted by atomic mass is 10.1. The summed E-state index contributed by atoms with van der Waals surface area (Å²) in [7, 11) is 0. The number of anilines is 3. The third-order valence-electron chi connectivity index (χ3n) is 4.33. The number of hydrogen-bond donors (Lipinski definition) is 3. The third kappa shape index (κ3) is 7.38. The van der Waals surface area contributed by atoms with Crippen molar-refractivity contribution >= 4 is 34.8 Å². The maximum atomic E-state index is 12.4. The van der Waals surface area contributed by atoms with Gasteiger partial charge < -0.3 is 16.0 Å². The first-order chi connectivity index (χ1) is 13.8. The van der Waals surface area contributed by atoms with Crippen molar-refractivity contribution in [3.8, 4) is 0 Å². The molecule has 3 amide bonds. The van der Waals surface area contributed by atoms with E-state index in [4.69, 9.17) is 0 Å². The number of benzene rings is 2. The highest BCUT2D eigenvalue weighted by Gasteiger charge is 2.14. The Balaban J connectivity index is 1.87. The number of amides is 3. The molecule has 0 saturated carbocycles. The molecule has 0 aromatic heterocycles.